The second kappa shape index (κ2) is 7.33. The molecule has 6 atom stereocenters. The van der Waals surface area contributed by atoms with Gasteiger partial charge >= 0.3 is 0 Å². The molecule has 2 aliphatic rings. The van der Waals surface area contributed by atoms with Gasteiger partial charge in [-0.15, -0.1) is 0 Å². The standard InChI is InChI=1S/C15H22INO5/c1-8-3-4-10(11(5-8)17(20)21)15(19)14-12(18)6-9(2)7-13(14)22-16/h8-11,13-14H,3-7H2,1-2H3. The third-order valence-electron chi connectivity index (χ3n) is 5.04. The molecule has 2 saturated carbocycles. The van der Waals surface area contributed by atoms with Gasteiger partial charge in [0.2, 0.25) is 6.04 Å². The second-order valence-corrected chi connectivity index (χ2v) is 7.40. The third kappa shape index (κ3) is 3.67. The van der Waals surface area contributed by atoms with Gasteiger partial charge < -0.3 is 3.07 Å². The Hall–Kier alpha value is -0.570. The van der Waals surface area contributed by atoms with Crippen molar-refractivity contribution in [1.29, 1.82) is 0 Å². The van der Waals surface area contributed by atoms with Crippen LogP contribution in [0.15, 0.2) is 0 Å². The van der Waals surface area contributed by atoms with Crippen LogP contribution in [0.3, 0.4) is 0 Å². The first kappa shape index (κ1) is 17.8. The Balaban J connectivity index is 2.20. The van der Waals surface area contributed by atoms with Crippen LogP contribution in [0.1, 0.15) is 46.0 Å². The average molecular weight is 423 g/mol. The molecule has 6 unspecified atom stereocenters. The maximum Gasteiger partial charge on any atom is 0.223 e. The number of carbonyl (C=O) groups is 2. The molecule has 0 aromatic carbocycles. The lowest BCUT2D eigenvalue weighted by Gasteiger charge is -2.35. The van der Waals surface area contributed by atoms with E-state index in [0.29, 0.717) is 25.7 Å². The highest BCUT2D eigenvalue weighted by molar-refractivity contribution is 14.1. The lowest BCUT2D eigenvalue weighted by Crippen LogP contribution is -2.49. The van der Waals surface area contributed by atoms with Crippen LogP contribution in [0.25, 0.3) is 0 Å². The monoisotopic (exact) mass is 423 g/mol. The Morgan fingerprint density at radius 1 is 1.27 bits per heavy atom. The molecule has 0 N–H and O–H groups in total. The topological polar surface area (TPSA) is 86.5 Å². The highest BCUT2D eigenvalue weighted by Crippen LogP contribution is 2.37. The highest BCUT2D eigenvalue weighted by Gasteiger charge is 2.49. The molecule has 2 rings (SSSR count). The number of hydrogen-bond acceptors (Lipinski definition) is 5. The van der Waals surface area contributed by atoms with Gasteiger partial charge in [-0.25, -0.2) is 0 Å². The summed E-state index contributed by atoms with van der Waals surface area (Å²) in [7, 11) is 0. The second-order valence-electron chi connectivity index (χ2n) is 6.90. The van der Waals surface area contributed by atoms with Gasteiger partial charge in [0.1, 0.15) is 34.7 Å². The molecule has 124 valence electrons. The van der Waals surface area contributed by atoms with Crippen molar-refractivity contribution in [2.24, 2.45) is 23.7 Å². The van der Waals surface area contributed by atoms with E-state index in [1.54, 1.807) is 23.0 Å². The van der Waals surface area contributed by atoms with Crippen molar-refractivity contribution in [1.82, 2.24) is 0 Å². The van der Waals surface area contributed by atoms with Crippen molar-refractivity contribution < 1.29 is 17.6 Å². The molecule has 0 bridgehead atoms. The molecule has 6 nitrogen and oxygen atoms in total. The maximum absolute atomic E-state index is 12.9. The number of carbonyl (C=O) groups excluding carboxylic acids is 2. The van der Waals surface area contributed by atoms with Gasteiger partial charge in [0, 0.05) is 17.8 Å². The smallest absolute Gasteiger partial charge is 0.223 e. The zero-order chi connectivity index (χ0) is 16.4. The number of Topliss-reactive ketones (excluding diaryl/α,β-unsaturated/α-hetero) is 2. The number of ketones is 2. The molecule has 22 heavy (non-hydrogen) atoms. The van der Waals surface area contributed by atoms with Gasteiger partial charge in [-0.1, -0.05) is 13.8 Å². The molecule has 0 saturated heterocycles. The molecular weight excluding hydrogens is 401 g/mol. The fourth-order valence-electron chi connectivity index (χ4n) is 3.87. The van der Waals surface area contributed by atoms with E-state index in [1.807, 2.05) is 13.8 Å². The van der Waals surface area contributed by atoms with E-state index in [0.717, 1.165) is 6.42 Å². The van der Waals surface area contributed by atoms with Crippen molar-refractivity contribution in [3.05, 3.63) is 10.1 Å². The summed E-state index contributed by atoms with van der Waals surface area (Å²) < 4.78 is 5.33. The van der Waals surface area contributed by atoms with Crippen LogP contribution in [-0.4, -0.2) is 28.6 Å². The number of hydrogen-bond donors (Lipinski definition) is 0. The molecule has 0 aromatic rings. The number of nitro groups is 1. The van der Waals surface area contributed by atoms with E-state index < -0.39 is 24.0 Å². The molecule has 2 fully saturated rings. The molecule has 0 radical (unpaired) electrons. The summed E-state index contributed by atoms with van der Waals surface area (Å²) in [6.45, 7) is 3.94. The van der Waals surface area contributed by atoms with Gasteiger partial charge in [-0.3, -0.25) is 19.7 Å². The first-order valence-corrected chi connectivity index (χ1v) is 8.70. The molecule has 7 heteroatoms. The van der Waals surface area contributed by atoms with E-state index in [1.165, 1.54) is 0 Å². The minimum atomic E-state index is -0.863. The van der Waals surface area contributed by atoms with Crippen LogP contribution < -0.4 is 0 Å². The average Bonchev–Trinajstić information content (AvgIpc) is 2.45. The number of nitrogens with zero attached hydrogens (tertiary/aromatic N) is 1. The van der Waals surface area contributed by atoms with E-state index in [-0.39, 0.29) is 28.3 Å². The molecule has 0 spiro atoms. The zero-order valence-electron chi connectivity index (χ0n) is 12.9. The van der Waals surface area contributed by atoms with E-state index in [4.69, 9.17) is 3.07 Å². The Kier molecular flexibility index (Phi) is 5.93. The maximum atomic E-state index is 12.9. The fraction of sp³-hybridized carbons (Fsp3) is 0.867. The summed E-state index contributed by atoms with van der Waals surface area (Å²) in [5, 5.41) is 11.3. The normalized spacial score (nSPS) is 39.5. The molecule has 0 aliphatic heterocycles. The highest BCUT2D eigenvalue weighted by atomic mass is 127. The molecular formula is C15H22INO5. The van der Waals surface area contributed by atoms with Gasteiger partial charge in [-0.05, 0) is 31.1 Å². The zero-order valence-corrected chi connectivity index (χ0v) is 15.0. The van der Waals surface area contributed by atoms with Crippen LogP contribution in [0.5, 0.6) is 0 Å². The molecule has 0 heterocycles. The Morgan fingerprint density at radius 2 is 1.95 bits per heavy atom. The van der Waals surface area contributed by atoms with Crippen LogP contribution in [0.4, 0.5) is 0 Å². The minimum absolute atomic E-state index is 0.119. The van der Waals surface area contributed by atoms with Gasteiger partial charge in [0.05, 0.1) is 12.0 Å². The van der Waals surface area contributed by atoms with Crippen LogP contribution in [0.2, 0.25) is 0 Å². The SMILES string of the molecule is CC1CC(=O)C(C(=O)C2CCC(C)CC2[N+](=O)[O-])C(OI)C1. The quantitative estimate of drug-likeness (QED) is 0.300. The molecule has 0 aromatic heterocycles. The Labute approximate surface area is 144 Å². The summed E-state index contributed by atoms with van der Waals surface area (Å²) in [5.41, 5.74) is 0. The largest absolute Gasteiger partial charge is 0.311 e. The Bertz CT molecular complexity index is 469. The Morgan fingerprint density at radius 3 is 2.55 bits per heavy atom. The van der Waals surface area contributed by atoms with Gasteiger partial charge in [0.15, 0.2) is 5.78 Å². The lowest BCUT2D eigenvalue weighted by molar-refractivity contribution is -0.534. The van der Waals surface area contributed by atoms with Crippen molar-refractivity contribution in [2.75, 3.05) is 0 Å². The van der Waals surface area contributed by atoms with E-state index in [2.05, 4.69) is 0 Å². The van der Waals surface area contributed by atoms with Gasteiger partial charge in [-0.2, -0.15) is 0 Å². The van der Waals surface area contributed by atoms with Crippen molar-refractivity contribution in [2.45, 2.75) is 58.1 Å². The lowest BCUT2D eigenvalue weighted by atomic mass is 9.69. The van der Waals surface area contributed by atoms with Crippen LogP contribution in [-0.2, 0) is 12.7 Å². The summed E-state index contributed by atoms with van der Waals surface area (Å²) in [4.78, 5) is 36.2. The van der Waals surface area contributed by atoms with Crippen molar-refractivity contribution in [3.63, 3.8) is 0 Å². The number of rotatable bonds is 4. The first-order chi connectivity index (χ1) is 10.3. The minimum Gasteiger partial charge on any atom is -0.311 e. The summed E-state index contributed by atoms with van der Waals surface area (Å²) in [5.74, 6) is -1.43. The van der Waals surface area contributed by atoms with Crippen molar-refractivity contribution >= 4 is 34.6 Å². The van der Waals surface area contributed by atoms with Crippen LogP contribution in [0, 0.1) is 33.8 Å². The summed E-state index contributed by atoms with van der Waals surface area (Å²) in [6, 6.07) is -0.863. The summed E-state index contributed by atoms with van der Waals surface area (Å²) in [6.07, 6.45) is 2.27. The summed E-state index contributed by atoms with van der Waals surface area (Å²) >= 11 is 1.73. The molecule has 2 aliphatic carbocycles. The number of halogens is 1. The van der Waals surface area contributed by atoms with Crippen LogP contribution >= 0.6 is 23.0 Å². The van der Waals surface area contributed by atoms with E-state index >= 15 is 0 Å². The first-order valence-electron chi connectivity index (χ1n) is 7.82. The fourth-order valence-corrected chi connectivity index (χ4v) is 4.37. The molecule has 0 amide bonds. The predicted molar refractivity (Wildman–Crippen MR) is 88.1 cm³/mol. The third-order valence-corrected chi connectivity index (χ3v) is 5.69. The van der Waals surface area contributed by atoms with Crippen molar-refractivity contribution in [3.8, 4) is 0 Å². The van der Waals surface area contributed by atoms with E-state index in [9.17, 15) is 19.7 Å². The van der Waals surface area contributed by atoms with Gasteiger partial charge in [0.25, 0.3) is 0 Å². The predicted octanol–water partition coefficient (Wildman–Crippen LogP) is 2.99.